The second-order valence-electron chi connectivity index (χ2n) is 6.76. The fraction of sp³-hybridized carbons (Fsp3) is 0.333. The molecule has 0 saturated heterocycles. The molecule has 7 heteroatoms. The van der Waals surface area contributed by atoms with E-state index in [1.807, 2.05) is 22.9 Å². The molecule has 0 aliphatic heterocycles. The van der Waals surface area contributed by atoms with Gasteiger partial charge in [-0.1, -0.05) is 31.4 Å². The topological polar surface area (TPSA) is 59.1 Å². The second kappa shape index (κ2) is 8.75. The minimum atomic E-state index is 0.0908. The Bertz CT molecular complexity index is 1010. The van der Waals surface area contributed by atoms with Gasteiger partial charge in [-0.05, 0) is 36.4 Å². The lowest BCUT2D eigenvalue weighted by Crippen LogP contribution is -2.18. The van der Waals surface area contributed by atoms with Gasteiger partial charge in [0.2, 0.25) is 4.80 Å². The van der Waals surface area contributed by atoms with E-state index < -0.39 is 0 Å². The zero-order valence-corrected chi connectivity index (χ0v) is 17.4. The summed E-state index contributed by atoms with van der Waals surface area (Å²) in [5, 5.41) is 19.2. The lowest BCUT2D eigenvalue weighted by atomic mass is 9.96. The number of hydrogen-bond donors (Lipinski definition) is 1. The van der Waals surface area contributed by atoms with E-state index in [1.165, 1.54) is 19.3 Å². The molecule has 146 valence electrons. The monoisotopic (exact) mass is 413 g/mol. The number of rotatable bonds is 5. The van der Waals surface area contributed by atoms with Gasteiger partial charge in [0.05, 0.1) is 29.9 Å². The Balaban J connectivity index is 1.75. The molecule has 28 heavy (non-hydrogen) atoms. The highest BCUT2D eigenvalue weighted by atomic mass is 32.1. The van der Waals surface area contributed by atoms with Gasteiger partial charge in [-0.2, -0.15) is 5.10 Å². The summed E-state index contributed by atoms with van der Waals surface area (Å²) >= 11 is 3.30. The first-order chi connectivity index (χ1) is 13.8. The largest absolute Gasteiger partial charge is 0.504 e. The summed E-state index contributed by atoms with van der Waals surface area (Å²) in [5.41, 5.74) is 1.63. The van der Waals surface area contributed by atoms with Gasteiger partial charge in [-0.15, -0.1) is 22.7 Å². The molecular formula is C21H23N3O2S2. The standard InChI is InChI=1S/C21H23N3O2S2/c1-26-18-10-5-7-15(20(18)25)13-22-24-17(19-11-6-12-27-19)14-28-21(24)23-16-8-3-2-4-9-16/h5-7,10-14,16,25H,2-4,8-9H2,1H3. The van der Waals surface area contributed by atoms with E-state index in [-0.39, 0.29) is 5.75 Å². The Labute approximate surface area is 172 Å². The van der Waals surface area contributed by atoms with Crippen LogP contribution in [-0.2, 0) is 0 Å². The molecule has 1 aliphatic rings. The second-order valence-corrected chi connectivity index (χ2v) is 8.54. The molecule has 2 heterocycles. The normalized spacial score (nSPS) is 16.1. The molecule has 0 bridgehead atoms. The number of aromatic nitrogens is 1. The van der Waals surface area contributed by atoms with Crippen LogP contribution < -0.4 is 9.54 Å². The summed E-state index contributed by atoms with van der Waals surface area (Å²) in [6.45, 7) is 0. The molecule has 3 aromatic rings. The van der Waals surface area contributed by atoms with Crippen LogP contribution in [0.3, 0.4) is 0 Å². The van der Waals surface area contributed by atoms with Crippen LogP contribution in [0.5, 0.6) is 11.5 Å². The van der Waals surface area contributed by atoms with Crippen molar-refractivity contribution in [3.63, 3.8) is 0 Å². The SMILES string of the molecule is COc1cccc(C=Nn2c(-c3cccs3)csc2=NC2CCCCC2)c1O. The Morgan fingerprint density at radius 3 is 2.75 bits per heavy atom. The summed E-state index contributed by atoms with van der Waals surface area (Å²) in [6, 6.07) is 9.88. The van der Waals surface area contributed by atoms with E-state index in [2.05, 4.69) is 16.8 Å². The van der Waals surface area contributed by atoms with Crippen LogP contribution in [0.15, 0.2) is 51.2 Å². The molecule has 5 nitrogen and oxygen atoms in total. The first-order valence-corrected chi connectivity index (χ1v) is 11.2. The molecule has 0 amide bonds. The van der Waals surface area contributed by atoms with Crippen molar-refractivity contribution in [1.29, 1.82) is 0 Å². The van der Waals surface area contributed by atoms with Crippen LogP contribution in [0.1, 0.15) is 37.7 Å². The third-order valence-corrected chi connectivity index (χ3v) is 6.61. The van der Waals surface area contributed by atoms with E-state index in [0.29, 0.717) is 17.4 Å². The number of methoxy groups -OCH3 is 1. The number of nitrogens with zero attached hydrogens (tertiary/aromatic N) is 3. The van der Waals surface area contributed by atoms with Crippen molar-refractivity contribution in [2.45, 2.75) is 38.1 Å². The van der Waals surface area contributed by atoms with E-state index >= 15 is 0 Å². The first-order valence-electron chi connectivity index (χ1n) is 9.45. The minimum Gasteiger partial charge on any atom is -0.504 e. The van der Waals surface area contributed by atoms with Crippen molar-refractivity contribution < 1.29 is 9.84 Å². The third kappa shape index (κ3) is 4.05. The van der Waals surface area contributed by atoms with Crippen LogP contribution in [0.25, 0.3) is 10.6 Å². The average Bonchev–Trinajstić information content (AvgIpc) is 3.38. The van der Waals surface area contributed by atoms with Gasteiger partial charge in [0, 0.05) is 10.9 Å². The minimum absolute atomic E-state index is 0.0908. The summed E-state index contributed by atoms with van der Waals surface area (Å²) in [5.74, 6) is 0.526. The number of hydrogen-bond acceptors (Lipinski definition) is 6. The molecule has 1 N–H and O–H groups in total. The van der Waals surface area contributed by atoms with Gasteiger partial charge < -0.3 is 9.84 Å². The van der Waals surface area contributed by atoms with Crippen molar-refractivity contribution in [3.05, 3.63) is 51.5 Å². The van der Waals surface area contributed by atoms with Crippen LogP contribution in [0.4, 0.5) is 0 Å². The molecule has 1 aliphatic carbocycles. The third-order valence-electron chi connectivity index (χ3n) is 4.89. The fourth-order valence-corrected chi connectivity index (χ4v) is 5.09. The molecule has 4 rings (SSSR count). The predicted octanol–water partition coefficient (Wildman–Crippen LogP) is 5.11. The maximum absolute atomic E-state index is 10.4. The van der Waals surface area contributed by atoms with Crippen molar-refractivity contribution in [2.75, 3.05) is 7.11 Å². The molecule has 0 atom stereocenters. The maximum Gasteiger partial charge on any atom is 0.206 e. The van der Waals surface area contributed by atoms with Crippen molar-refractivity contribution in [1.82, 2.24) is 4.68 Å². The van der Waals surface area contributed by atoms with Crippen molar-refractivity contribution >= 4 is 28.9 Å². The molecule has 0 radical (unpaired) electrons. The van der Waals surface area contributed by atoms with Gasteiger partial charge in [-0.3, -0.25) is 4.99 Å². The molecule has 1 fully saturated rings. The maximum atomic E-state index is 10.4. The van der Waals surface area contributed by atoms with Crippen LogP contribution in [-0.4, -0.2) is 29.1 Å². The van der Waals surface area contributed by atoms with Gasteiger partial charge >= 0.3 is 0 Å². The van der Waals surface area contributed by atoms with Crippen LogP contribution in [0, 0.1) is 0 Å². The molecule has 1 saturated carbocycles. The van der Waals surface area contributed by atoms with Gasteiger partial charge in [0.25, 0.3) is 0 Å². The summed E-state index contributed by atoms with van der Waals surface area (Å²) in [4.78, 5) is 7.05. The molecule has 2 aromatic heterocycles. The number of phenolic OH excluding ortho intramolecular Hbond substituents is 1. The van der Waals surface area contributed by atoms with Gasteiger partial charge in [-0.25, -0.2) is 4.68 Å². The molecule has 1 aromatic carbocycles. The number of aromatic hydroxyl groups is 1. The van der Waals surface area contributed by atoms with Crippen molar-refractivity contribution in [2.24, 2.45) is 10.1 Å². The predicted molar refractivity (Wildman–Crippen MR) is 116 cm³/mol. The van der Waals surface area contributed by atoms with Crippen LogP contribution >= 0.6 is 22.7 Å². The highest BCUT2D eigenvalue weighted by Crippen LogP contribution is 2.29. The van der Waals surface area contributed by atoms with E-state index in [4.69, 9.17) is 14.8 Å². The zero-order chi connectivity index (χ0) is 19.3. The summed E-state index contributed by atoms with van der Waals surface area (Å²) in [6.07, 6.45) is 7.77. The Kier molecular flexibility index (Phi) is 5.92. The number of ether oxygens (including phenoxy) is 1. The van der Waals surface area contributed by atoms with E-state index in [0.717, 1.165) is 28.2 Å². The molecule has 0 unspecified atom stereocenters. The number of thiazole rings is 1. The number of phenols is 1. The lowest BCUT2D eigenvalue weighted by molar-refractivity contribution is 0.373. The van der Waals surface area contributed by atoms with E-state index in [9.17, 15) is 5.11 Å². The number of para-hydroxylation sites is 1. The smallest absolute Gasteiger partial charge is 0.206 e. The number of thiophene rings is 1. The Hall–Kier alpha value is -2.38. The zero-order valence-electron chi connectivity index (χ0n) is 15.7. The highest BCUT2D eigenvalue weighted by Gasteiger charge is 2.14. The Morgan fingerprint density at radius 1 is 1.14 bits per heavy atom. The Morgan fingerprint density at radius 2 is 2.00 bits per heavy atom. The fourth-order valence-electron chi connectivity index (χ4n) is 3.39. The summed E-state index contributed by atoms with van der Waals surface area (Å²) in [7, 11) is 1.54. The number of benzene rings is 1. The van der Waals surface area contributed by atoms with Crippen molar-refractivity contribution in [3.8, 4) is 22.1 Å². The van der Waals surface area contributed by atoms with E-state index in [1.54, 1.807) is 42.1 Å². The van der Waals surface area contributed by atoms with Crippen LogP contribution in [0.2, 0.25) is 0 Å². The molecule has 0 spiro atoms. The highest BCUT2D eigenvalue weighted by molar-refractivity contribution is 7.14. The lowest BCUT2D eigenvalue weighted by Gasteiger charge is -2.16. The van der Waals surface area contributed by atoms with Gasteiger partial charge in [0.15, 0.2) is 11.5 Å². The first kappa shape index (κ1) is 19.0. The average molecular weight is 414 g/mol. The van der Waals surface area contributed by atoms with Gasteiger partial charge in [0.1, 0.15) is 0 Å². The summed E-state index contributed by atoms with van der Waals surface area (Å²) < 4.78 is 7.09. The molecular weight excluding hydrogens is 390 g/mol. The quantitative estimate of drug-likeness (QED) is 0.591.